The summed E-state index contributed by atoms with van der Waals surface area (Å²) in [6, 6.07) is 2.14. The van der Waals surface area contributed by atoms with E-state index in [1.54, 1.807) is 0 Å². The third-order valence-corrected chi connectivity index (χ3v) is 4.60. The van der Waals surface area contributed by atoms with Crippen LogP contribution in [0.3, 0.4) is 0 Å². The smallest absolute Gasteiger partial charge is 0.150 e. The Morgan fingerprint density at radius 2 is 2.09 bits per heavy atom. The van der Waals surface area contributed by atoms with Crippen LogP contribution in [0, 0.1) is 0 Å². The van der Waals surface area contributed by atoms with Gasteiger partial charge in [-0.15, -0.1) is 10.2 Å². The first-order valence-corrected chi connectivity index (χ1v) is 8.77. The van der Waals surface area contributed by atoms with E-state index >= 15 is 0 Å². The van der Waals surface area contributed by atoms with Gasteiger partial charge in [-0.1, -0.05) is 31.3 Å². The van der Waals surface area contributed by atoms with Crippen LogP contribution in [0.5, 0.6) is 0 Å². The second-order valence-corrected chi connectivity index (χ2v) is 6.67. The van der Waals surface area contributed by atoms with E-state index in [1.165, 1.54) is 32.1 Å². The van der Waals surface area contributed by atoms with Crippen LogP contribution in [0.2, 0.25) is 0 Å². The highest BCUT2D eigenvalue weighted by atomic mass is 16.5. The van der Waals surface area contributed by atoms with Crippen molar-refractivity contribution < 1.29 is 4.52 Å². The molecule has 1 aliphatic carbocycles. The van der Waals surface area contributed by atoms with E-state index < -0.39 is 0 Å². The van der Waals surface area contributed by atoms with E-state index in [0.29, 0.717) is 5.92 Å². The zero-order valence-electron chi connectivity index (χ0n) is 14.2. The Morgan fingerprint density at radius 3 is 2.87 bits per heavy atom. The van der Waals surface area contributed by atoms with E-state index in [2.05, 4.69) is 44.9 Å². The van der Waals surface area contributed by atoms with Crippen molar-refractivity contribution in [2.75, 3.05) is 7.05 Å². The van der Waals surface area contributed by atoms with Gasteiger partial charge in [0.2, 0.25) is 0 Å². The molecular weight excluding hydrogens is 290 g/mol. The van der Waals surface area contributed by atoms with Crippen molar-refractivity contribution in [3.63, 3.8) is 0 Å². The van der Waals surface area contributed by atoms with Gasteiger partial charge in [0.1, 0.15) is 12.2 Å². The molecule has 2 aromatic rings. The molecule has 0 spiro atoms. The lowest BCUT2D eigenvalue weighted by Crippen LogP contribution is -2.20. The second-order valence-electron chi connectivity index (χ2n) is 6.67. The van der Waals surface area contributed by atoms with Crippen LogP contribution < -0.4 is 0 Å². The van der Waals surface area contributed by atoms with Crippen LogP contribution in [-0.2, 0) is 19.6 Å². The van der Waals surface area contributed by atoms with Gasteiger partial charge in [-0.05, 0) is 26.3 Å². The molecule has 1 aliphatic rings. The highest BCUT2D eigenvalue weighted by Crippen LogP contribution is 2.32. The summed E-state index contributed by atoms with van der Waals surface area (Å²) in [4.78, 5) is 2.20. The topological polar surface area (TPSA) is 60.0 Å². The number of nitrogens with zero attached hydrogens (tertiary/aromatic N) is 5. The fourth-order valence-corrected chi connectivity index (χ4v) is 3.39. The van der Waals surface area contributed by atoms with Crippen LogP contribution in [-0.4, -0.2) is 31.9 Å². The van der Waals surface area contributed by atoms with Gasteiger partial charge in [0.15, 0.2) is 5.76 Å². The molecule has 3 rings (SSSR count). The minimum atomic E-state index is 0.596. The first kappa shape index (κ1) is 16.2. The Labute approximate surface area is 137 Å². The number of hydrogen-bond donors (Lipinski definition) is 0. The number of aromatic nitrogens is 4. The van der Waals surface area contributed by atoms with Gasteiger partial charge < -0.3 is 9.09 Å². The molecule has 0 atom stereocenters. The summed E-state index contributed by atoms with van der Waals surface area (Å²) in [5.74, 6) is 2.54. The zero-order chi connectivity index (χ0) is 16.1. The second kappa shape index (κ2) is 7.73. The summed E-state index contributed by atoms with van der Waals surface area (Å²) in [5, 5.41) is 12.5. The fraction of sp³-hybridized carbons (Fsp3) is 0.706. The fourth-order valence-electron chi connectivity index (χ4n) is 3.39. The van der Waals surface area contributed by atoms with Crippen molar-refractivity contribution in [3.8, 4) is 0 Å². The van der Waals surface area contributed by atoms with Crippen molar-refractivity contribution >= 4 is 0 Å². The summed E-state index contributed by atoms with van der Waals surface area (Å²) >= 11 is 0. The Hall–Kier alpha value is -1.69. The lowest BCUT2D eigenvalue weighted by atomic mass is 9.87. The van der Waals surface area contributed by atoms with E-state index in [9.17, 15) is 0 Å². The average Bonchev–Trinajstić information content (AvgIpc) is 3.19. The molecule has 1 fully saturated rings. The van der Waals surface area contributed by atoms with Crippen LogP contribution in [0.4, 0.5) is 0 Å². The number of hydrogen-bond acceptors (Lipinski definition) is 5. The normalized spacial score (nSPS) is 16.3. The quantitative estimate of drug-likeness (QED) is 0.783. The Kier molecular flexibility index (Phi) is 5.43. The van der Waals surface area contributed by atoms with E-state index in [1.807, 2.05) is 6.33 Å². The molecule has 2 aromatic heterocycles. The van der Waals surface area contributed by atoms with Gasteiger partial charge in [-0.3, -0.25) is 4.90 Å². The molecule has 0 amide bonds. The monoisotopic (exact) mass is 317 g/mol. The molecule has 23 heavy (non-hydrogen) atoms. The largest absolute Gasteiger partial charge is 0.360 e. The highest BCUT2D eigenvalue weighted by Gasteiger charge is 2.20. The van der Waals surface area contributed by atoms with Crippen LogP contribution in [0.25, 0.3) is 0 Å². The molecule has 1 saturated carbocycles. The molecule has 0 N–H and O–H groups in total. The summed E-state index contributed by atoms with van der Waals surface area (Å²) < 4.78 is 7.67. The standard InChI is InChI=1S/C17H27N5O/c1-3-9-22-13-18-19-17(22)12-21(2)11-15-10-16(20-23-15)14-7-5-4-6-8-14/h10,13-14H,3-9,11-12H2,1-2H3. The molecule has 0 unspecified atom stereocenters. The third kappa shape index (κ3) is 4.19. The number of aryl methyl sites for hydroxylation is 1. The Balaban J connectivity index is 1.56. The first-order valence-electron chi connectivity index (χ1n) is 8.77. The zero-order valence-corrected chi connectivity index (χ0v) is 14.2. The maximum absolute atomic E-state index is 5.55. The molecule has 0 saturated heterocycles. The molecule has 2 heterocycles. The molecule has 6 nitrogen and oxygen atoms in total. The predicted octanol–water partition coefficient (Wildman–Crippen LogP) is 3.36. The Morgan fingerprint density at radius 1 is 1.26 bits per heavy atom. The summed E-state index contributed by atoms with van der Waals surface area (Å²) in [7, 11) is 2.08. The third-order valence-electron chi connectivity index (χ3n) is 4.60. The molecular formula is C17H27N5O. The van der Waals surface area contributed by atoms with Gasteiger partial charge >= 0.3 is 0 Å². The van der Waals surface area contributed by atoms with Gasteiger partial charge in [0, 0.05) is 18.5 Å². The minimum absolute atomic E-state index is 0.596. The highest BCUT2D eigenvalue weighted by molar-refractivity contribution is 5.11. The molecule has 126 valence electrons. The van der Waals surface area contributed by atoms with E-state index in [0.717, 1.165) is 43.3 Å². The van der Waals surface area contributed by atoms with Crippen molar-refractivity contribution in [1.82, 2.24) is 24.8 Å². The van der Waals surface area contributed by atoms with Crippen LogP contribution in [0.15, 0.2) is 16.9 Å². The Bertz CT molecular complexity index is 600. The van der Waals surface area contributed by atoms with Crippen molar-refractivity contribution in [1.29, 1.82) is 0 Å². The maximum atomic E-state index is 5.55. The van der Waals surface area contributed by atoms with E-state index in [4.69, 9.17) is 4.52 Å². The van der Waals surface area contributed by atoms with E-state index in [-0.39, 0.29) is 0 Å². The lowest BCUT2D eigenvalue weighted by molar-refractivity contribution is 0.256. The van der Waals surface area contributed by atoms with Gasteiger partial charge in [-0.25, -0.2) is 0 Å². The molecule has 0 aromatic carbocycles. The number of rotatable bonds is 7. The molecule has 0 aliphatic heterocycles. The lowest BCUT2D eigenvalue weighted by Gasteiger charge is -2.18. The molecule has 0 radical (unpaired) electrons. The summed E-state index contributed by atoms with van der Waals surface area (Å²) in [5.41, 5.74) is 1.14. The van der Waals surface area contributed by atoms with Crippen molar-refractivity contribution in [2.24, 2.45) is 0 Å². The first-order chi connectivity index (χ1) is 11.3. The maximum Gasteiger partial charge on any atom is 0.150 e. The summed E-state index contributed by atoms with van der Waals surface area (Å²) in [6.07, 6.45) is 9.40. The van der Waals surface area contributed by atoms with Gasteiger partial charge in [0.25, 0.3) is 0 Å². The minimum Gasteiger partial charge on any atom is -0.360 e. The molecule has 0 bridgehead atoms. The summed E-state index contributed by atoms with van der Waals surface area (Å²) in [6.45, 7) is 4.64. The van der Waals surface area contributed by atoms with Crippen molar-refractivity contribution in [2.45, 2.75) is 71.0 Å². The SMILES string of the molecule is CCCn1cnnc1CN(C)Cc1cc(C2CCCCC2)no1. The molecule has 6 heteroatoms. The average molecular weight is 317 g/mol. The van der Waals surface area contributed by atoms with Gasteiger partial charge in [-0.2, -0.15) is 0 Å². The van der Waals surface area contributed by atoms with Gasteiger partial charge in [0.05, 0.1) is 18.8 Å². The van der Waals surface area contributed by atoms with Crippen LogP contribution >= 0.6 is 0 Å². The predicted molar refractivity (Wildman–Crippen MR) is 87.8 cm³/mol. The van der Waals surface area contributed by atoms with Crippen LogP contribution in [0.1, 0.15) is 68.6 Å². The van der Waals surface area contributed by atoms with Crippen molar-refractivity contribution in [3.05, 3.63) is 29.7 Å².